The van der Waals surface area contributed by atoms with Gasteiger partial charge in [0.1, 0.15) is 5.75 Å². The van der Waals surface area contributed by atoms with E-state index in [1.165, 1.54) is 58.5 Å². The van der Waals surface area contributed by atoms with Gasteiger partial charge >= 0.3 is 0 Å². The predicted molar refractivity (Wildman–Crippen MR) is 111 cm³/mol. The third kappa shape index (κ3) is 3.51. The highest BCUT2D eigenvalue weighted by molar-refractivity contribution is 7.10. The normalized spacial score (nSPS) is 18.3. The van der Waals surface area contributed by atoms with Gasteiger partial charge in [0, 0.05) is 54.1 Å². The summed E-state index contributed by atoms with van der Waals surface area (Å²) in [6.45, 7) is 6.86. The molecular formula is C22H27N3OS. The van der Waals surface area contributed by atoms with Crippen molar-refractivity contribution in [3.63, 3.8) is 0 Å². The quantitative estimate of drug-likeness (QED) is 0.711. The molecule has 0 atom stereocenters. The number of ether oxygens (including phenoxy) is 1. The Bertz CT molecular complexity index is 938. The Morgan fingerprint density at radius 1 is 1.07 bits per heavy atom. The highest BCUT2D eigenvalue weighted by Gasteiger charge is 2.21. The summed E-state index contributed by atoms with van der Waals surface area (Å²) in [6, 6.07) is 8.78. The standard InChI is InChI=1S/C22H27N3OS/c1-26-17-4-5-21-19(11-17)20-14-25(9-6-22(20)23-21)13-18-10-16(15-27-18)12-24-7-2-3-8-24/h4-5,10-11,15,23H,2-3,6-9,12-14H2,1H3. The molecule has 0 bridgehead atoms. The van der Waals surface area contributed by atoms with E-state index in [-0.39, 0.29) is 0 Å². The fourth-order valence-corrected chi connectivity index (χ4v) is 5.44. The number of likely N-dealkylation sites (tertiary alicyclic amines) is 1. The Labute approximate surface area is 164 Å². The van der Waals surface area contributed by atoms with E-state index in [2.05, 4.69) is 38.4 Å². The fourth-order valence-electron chi connectivity index (χ4n) is 4.52. The van der Waals surface area contributed by atoms with Crippen LogP contribution in [0.25, 0.3) is 10.9 Å². The van der Waals surface area contributed by atoms with E-state index in [0.717, 1.165) is 38.3 Å². The molecular weight excluding hydrogens is 354 g/mol. The summed E-state index contributed by atoms with van der Waals surface area (Å²) in [5.41, 5.74) is 5.57. The number of thiophene rings is 1. The van der Waals surface area contributed by atoms with E-state index < -0.39 is 0 Å². The van der Waals surface area contributed by atoms with E-state index in [1.807, 2.05) is 17.4 Å². The number of nitrogens with one attached hydrogen (secondary N) is 1. The number of hydrogen-bond acceptors (Lipinski definition) is 4. The number of aromatic amines is 1. The summed E-state index contributed by atoms with van der Waals surface area (Å²) in [5, 5.41) is 3.68. The fraction of sp³-hybridized carbons (Fsp3) is 0.455. The van der Waals surface area contributed by atoms with Gasteiger partial charge in [-0.3, -0.25) is 9.80 Å². The molecule has 142 valence electrons. The number of H-pyrrole nitrogens is 1. The monoisotopic (exact) mass is 381 g/mol. The Balaban J connectivity index is 1.30. The van der Waals surface area contributed by atoms with Gasteiger partial charge in [0.2, 0.25) is 0 Å². The maximum absolute atomic E-state index is 5.43. The van der Waals surface area contributed by atoms with Crippen LogP contribution in [0.1, 0.15) is 34.5 Å². The van der Waals surface area contributed by atoms with Gasteiger partial charge in [-0.25, -0.2) is 0 Å². The zero-order valence-electron chi connectivity index (χ0n) is 16.0. The van der Waals surface area contributed by atoms with Gasteiger partial charge in [0.15, 0.2) is 0 Å². The van der Waals surface area contributed by atoms with Crippen LogP contribution in [0.15, 0.2) is 29.6 Å². The SMILES string of the molecule is COc1ccc2[nH]c3c(c2c1)CN(Cc1cc(CN2CCCC2)cs1)CC3. The second kappa shape index (κ2) is 7.30. The van der Waals surface area contributed by atoms with Gasteiger partial charge < -0.3 is 9.72 Å². The van der Waals surface area contributed by atoms with Crippen LogP contribution in [0.2, 0.25) is 0 Å². The van der Waals surface area contributed by atoms with Crippen LogP contribution in [-0.2, 0) is 26.1 Å². The number of fused-ring (bicyclic) bond motifs is 3. The van der Waals surface area contributed by atoms with Gasteiger partial charge in [0.25, 0.3) is 0 Å². The Kier molecular flexibility index (Phi) is 4.68. The Morgan fingerprint density at radius 2 is 1.96 bits per heavy atom. The second-order valence-corrected chi connectivity index (χ2v) is 8.85. The number of benzene rings is 1. The molecule has 27 heavy (non-hydrogen) atoms. The van der Waals surface area contributed by atoms with Crippen LogP contribution < -0.4 is 4.74 Å². The van der Waals surface area contributed by atoms with Crippen molar-refractivity contribution in [3.8, 4) is 5.75 Å². The molecule has 0 aliphatic carbocycles. The smallest absolute Gasteiger partial charge is 0.119 e. The molecule has 2 aliphatic heterocycles. The molecule has 1 saturated heterocycles. The van der Waals surface area contributed by atoms with Crippen molar-refractivity contribution in [1.82, 2.24) is 14.8 Å². The van der Waals surface area contributed by atoms with Crippen LogP contribution in [0.3, 0.4) is 0 Å². The first-order valence-electron chi connectivity index (χ1n) is 9.97. The summed E-state index contributed by atoms with van der Waals surface area (Å²) in [6.07, 6.45) is 3.82. The molecule has 4 nitrogen and oxygen atoms in total. The lowest BCUT2D eigenvalue weighted by molar-refractivity contribution is 0.248. The lowest BCUT2D eigenvalue weighted by atomic mass is 10.0. The zero-order valence-corrected chi connectivity index (χ0v) is 16.8. The van der Waals surface area contributed by atoms with E-state index in [9.17, 15) is 0 Å². The lowest BCUT2D eigenvalue weighted by Gasteiger charge is -2.26. The van der Waals surface area contributed by atoms with Gasteiger partial charge in [-0.05, 0) is 66.7 Å². The topological polar surface area (TPSA) is 31.5 Å². The van der Waals surface area contributed by atoms with Crippen LogP contribution in [0.5, 0.6) is 5.75 Å². The molecule has 5 rings (SSSR count). The summed E-state index contributed by atoms with van der Waals surface area (Å²) in [5.74, 6) is 0.936. The highest BCUT2D eigenvalue weighted by Crippen LogP contribution is 2.31. The summed E-state index contributed by atoms with van der Waals surface area (Å²) < 4.78 is 5.43. The second-order valence-electron chi connectivity index (χ2n) is 7.86. The largest absolute Gasteiger partial charge is 0.497 e. The van der Waals surface area contributed by atoms with Crippen LogP contribution in [0.4, 0.5) is 0 Å². The van der Waals surface area contributed by atoms with E-state index in [0.29, 0.717) is 0 Å². The van der Waals surface area contributed by atoms with Crippen LogP contribution in [0, 0.1) is 0 Å². The molecule has 0 saturated carbocycles. The molecule has 1 fully saturated rings. The summed E-state index contributed by atoms with van der Waals surface area (Å²) in [7, 11) is 1.74. The first-order valence-corrected chi connectivity index (χ1v) is 10.8. The van der Waals surface area contributed by atoms with Crippen molar-refractivity contribution in [2.24, 2.45) is 0 Å². The number of nitrogens with zero attached hydrogens (tertiary/aromatic N) is 2. The van der Waals surface area contributed by atoms with Crippen molar-refractivity contribution in [2.45, 2.75) is 38.9 Å². The lowest BCUT2D eigenvalue weighted by Crippen LogP contribution is -2.29. The Morgan fingerprint density at radius 3 is 2.81 bits per heavy atom. The zero-order chi connectivity index (χ0) is 18.2. The molecule has 2 aromatic heterocycles. The number of methoxy groups -OCH3 is 1. The van der Waals surface area contributed by atoms with E-state index in [4.69, 9.17) is 4.74 Å². The third-order valence-electron chi connectivity index (χ3n) is 5.95. The van der Waals surface area contributed by atoms with Crippen molar-refractivity contribution in [1.29, 1.82) is 0 Å². The number of aromatic nitrogens is 1. The first kappa shape index (κ1) is 17.3. The number of hydrogen-bond donors (Lipinski definition) is 1. The van der Waals surface area contributed by atoms with Crippen LogP contribution in [-0.4, -0.2) is 41.5 Å². The minimum Gasteiger partial charge on any atom is -0.497 e. The van der Waals surface area contributed by atoms with Crippen molar-refractivity contribution in [2.75, 3.05) is 26.7 Å². The number of rotatable bonds is 5. The maximum Gasteiger partial charge on any atom is 0.119 e. The predicted octanol–water partition coefficient (Wildman–Crippen LogP) is 4.39. The van der Waals surface area contributed by atoms with E-state index >= 15 is 0 Å². The Hall–Kier alpha value is -1.82. The molecule has 5 heteroatoms. The average molecular weight is 382 g/mol. The molecule has 0 unspecified atom stereocenters. The molecule has 0 radical (unpaired) electrons. The van der Waals surface area contributed by atoms with Gasteiger partial charge in [-0.1, -0.05) is 0 Å². The molecule has 0 amide bonds. The molecule has 3 aromatic rings. The molecule has 0 spiro atoms. The van der Waals surface area contributed by atoms with Crippen molar-refractivity contribution >= 4 is 22.2 Å². The summed E-state index contributed by atoms with van der Waals surface area (Å²) in [4.78, 5) is 10.3. The van der Waals surface area contributed by atoms with E-state index in [1.54, 1.807) is 7.11 Å². The van der Waals surface area contributed by atoms with Crippen LogP contribution >= 0.6 is 11.3 Å². The van der Waals surface area contributed by atoms with Gasteiger partial charge in [0.05, 0.1) is 7.11 Å². The van der Waals surface area contributed by atoms with Crippen molar-refractivity contribution < 1.29 is 4.74 Å². The minimum atomic E-state index is 0.936. The molecule has 2 aliphatic rings. The third-order valence-corrected chi connectivity index (χ3v) is 6.92. The molecule has 1 aromatic carbocycles. The van der Waals surface area contributed by atoms with Gasteiger partial charge in [-0.15, -0.1) is 11.3 Å². The summed E-state index contributed by atoms with van der Waals surface area (Å²) >= 11 is 1.92. The van der Waals surface area contributed by atoms with Crippen molar-refractivity contribution in [3.05, 3.63) is 51.3 Å². The highest BCUT2D eigenvalue weighted by atomic mass is 32.1. The molecule has 4 heterocycles. The minimum absolute atomic E-state index is 0.936. The first-order chi connectivity index (χ1) is 13.3. The van der Waals surface area contributed by atoms with Gasteiger partial charge in [-0.2, -0.15) is 0 Å². The molecule has 1 N–H and O–H groups in total. The average Bonchev–Trinajstić information content (AvgIpc) is 3.42. The maximum atomic E-state index is 5.43.